The van der Waals surface area contributed by atoms with Crippen molar-refractivity contribution in [3.63, 3.8) is 0 Å². The molecule has 0 aromatic carbocycles. The summed E-state index contributed by atoms with van der Waals surface area (Å²) in [6.45, 7) is 0.109. The van der Waals surface area contributed by atoms with E-state index in [1.165, 1.54) is 13.2 Å². The number of hydrogen-bond donors (Lipinski definition) is 1. The maximum Gasteiger partial charge on any atom is 0.269 e. The lowest BCUT2D eigenvalue weighted by atomic mass is 10.1. The topological polar surface area (TPSA) is 71.9 Å². The molecule has 0 atom stereocenters. The molecule has 0 radical (unpaired) electrons. The largest absolute Gasteiger partial charge is 0.496 e. The summed E-state index contributed by atoms with van der Waals surface area (Å²) in [7, 11) is 1.29. The van der Waals surface area contributed by atoms with E-state index in [0.29, 0.717) is 5.69 Å². The van der Waals surface area contributed by atoms with Crippen molar-refractivity contribution in [2.45, 2.75) is 19.4 Å². The fourth-order valence-corrected chi connectivity index (χ4v) is 1.35. The maximum absolute atomic E-state index is 12.8. The smallest absolute Gasteiger partial charge is 0.269 e. The molecule has 86 valence electrons. The molecule has 2 N–H and O–H groups in total. The number of hydrogen-bond acceptors (Lipinski definition) is 4. The quantitative estimate of drug-likeness (QED) is 0.847. The molecular formula is C10H11F2N3O. The zero-order valence-corrected chi connectivity index (χ0v) is 8.70. The Morgan fingerprint density at radius 2 is 2.31 bits per heavy atom. The third-order valence-corrected chi connectivity index (χ3v) is 2.05. The van der Waals surface area contributed by atoms with E-state index >= 15 is 0 Å². The minimum absolute atomic E-state index is 0.0238. The van der Waals surface area contributed by atoms with Crippen molar-refractivity contribution in [3.8, 4) is 11.8 Å². The Labute approximate surface area is 91.7 Å². The van der Waals surface area contributed by atoms with E-state index in [4.69, 9.17) is 15.7 Å². The van der Waals surface area contributed by atoms with Crippen molar-refractivity contribution >= 4 is 0 Å². The molecular weight excluding hydrogens is 216 g/mol. The Morgan fingerprint density at radius 3 is 2.75 bits per heavy atom. The van der Waals surface area contributed by atoms with Gasteiger partial charge in [-0.15, -0.1) is 0 Å². The first-order chi connectivity index (χ1) is 7.63. The van der Waals surface area contributed by atoms with Gasteiger partial charge < -0.3 is 10.5 Å². The number of nitrogens with two attached hydrogens (primary N) is 1. The van der Waals surface area contributed by atoms with Gasteiger partial charge >= 0.3 is 0 Å². The number of nitrogens with zero attached hydrogens (tertiary/aromatic N) is 2. The Hall–Kier alpha value is -1.74. The van der Waals surface area contributed by atoms with Gasteiger partial charge in [-0.3, -0.25) is 4.98 Å². The number of rotatable bonds is 4. The Kier molecular flexibility index (Phi) is 4.14. The summed E-state index contributed by atoms with van der Waals surface area (Å²) in [5.41, 5.74) is 5.49. The average Bonchev–Trinajstić information content (AvgIpc) is 2.27. The van der Waals surface area contributed by atoms with Gasteiger partial charge in [-0.25, -0.2) is 8.78 Å². The predicted molar refractivity (Wildman–Crippen MR) is 53.0 cm³/mol. The van der Waals surface area contributed by atoms with Crippen LogP contribution in [-0.2, 0) is 13.0 Å². The molecule has 1 aromatic heterocycles. The first kappa shape index (κ1) is 12.3. The van der Waals surface area contributed by atoms with Crippen LogP contribution in [0.2, 0.25) is 0 Å². The summed E-state index contributed by atoms with van der Waals surface area (Å²) < 4.78 is 30.4. The summed E-state index contributed by atoms with van der Waals surface area (Å²) in [6.07, 6.45) is -2.92. The molecule has 0 amide bonds. The van der Waals surface area contributed by atoms with E-state index in [2.05, 4.69) is 4.98 Å². The van der Waals surface area contributed by atoms with Gasteiger partial charge in [0, 0.05) is 12.6 Å². The van der Waals surface area contributed by atoms with Crippen LogP contribution in [0.25, 0.3) is 0 Å². The highest BCUT2D eigenvalue weighted by Gasteiger charge is 2.21. The van der Waals surface area contributed by atoms with Crippen LogP contribution in [0.15, 0.2) is 6.07 Å². The minimum Gasteiger partial charge on any atom is -0.496 e. The average molecular weight is 227 g/mol. The van der Waals surface area contributed by atoms with Gasteiger partial charge in [0.15, 0.2) is 0 Å². The number of methoxy groups -OCH3 is 1. The molecule has 0 aliphatic carbocycles. The first-order valence-corrected chi connectivity index (χ1v) is 4.55. The molecule has 0 aliphatic heterocycles. The number of alkyl halides is 2. The number of aromatic nitrogens is 1. The third-order valence-electron chi connectivity index (χ3n) is 2.05. The molecule has 0 spiro atoms. The highest BCUT2D eigenvalue weighted by molar-refractivity contribution is 5.40. The van der Waals surface area contributed by atoms with Crippen molar-refractivity contribution < 1.29 is 13.5 Å². The number of pyridine rings is 1. The second-order valence-corrected chi connectivity index (χ2v) is 3.02. The second kappa shape index (κ2) is 5.37. The summed E-state index contributed by atoms with van der Waals surface area (Å²) in [6, 6.07) is 3.15. The van der Waals surface area contributed by atoms with Gasteiger partial charge in [-0.2, -0.15) is 5.26 Å². The van der Waals surface area contributed by atoms with E-state index in [-0.39, 0.29) is 30.0 Å². The summed E-state index contributed by atoms with van der Waals surface area (Å²) >= 11 is 0. The molecule has 16 heavy (non-hydrogen) atoms. The van der Waals surface area contributed by atoms with Crippen molar-refractivity contribution in [1.82, 2.24) is 4.98 Å². The van der Waals surface area contributed by atoms with Crippen molar-refractivity contribution in [2.75, 3.05) is 7.11 Å². The van der Waals surface area contributed by atoms with Crippen LogP contribution in [0.5, 0.6) is 5.75 Å². The summed E-state index contributed by atoms with van der Waals surface area (Å²) in [5.74, 6) is 0.0238. The molecule has 1 rings (SSSR count). The molecule has 0 saturated heterocycles. The maximum atomic E-state index is 12.8. The lowest BCUT2D eigenvalue weighted by Gasteiger charge is -2.12. The lowest BCUT2D eigenvalue weighted by Crippen LogP contribution is -2.07. The SMILES string of the molecule is COc1cc(CN)nc(CC#N)c1C(F)F. The van der Waals surface area contributed by atoms with Crippen molar-refractivity contribution in [3.05, 3.63) is 23.0 Å². The third kappa shape index (κ3) is 2.44. The molecule has 6 heteroatoms. The van der Waals surface area contributed by atoms with Gasteiger partial charge in [0.1, 0.15) is 5.75 Å². The van der Waals surface area contributed by atoms with Crippen LogP contribution in [0, 0.1) is 11.3 Å². The molecule has 4 nitrogen and oxygen atoms in total. The molecule has 0 unspecified atom stereocenters. The Morgan fingerprint density at radius 1 is 1.62 bits per heavy atom. The normalized spacial score (nSPS) is 10.2. The van der Waals surface area contributed by atoms with Crippen LogP contribution in [-0.4, -0.2) is 12.1 Å². The first-order valence-electron chi connectivity index (χ1n) is 4.55. The Balaban J connectivity index is 3.36. The minimum atomic E-state index is -2.72. The van der Waals surface area contributed by atoms with Crippen LogP contribution >= 0.6 is 0 Å². The van der Waals surface area contributed by atoms with Crippen molar-refractivity contribution in [2.24, 2.45) is 5.73 Å². The highest BCUT2D eigenvalue weighted by Crippen LogP contribution is 2.32. The molecule has 0 bridgehead atoms. The van der Waals surface area contributed by atoms with Crippen LogP contribution in [0.4, 0.5) is 8.78 Å². The molecule has 0 saturated carbocycles. The number of ether oxygens (including phenoxy) is 1. The van der Waals surface area contributed by atoms with E-state index in [1.54, 1.807) is 6.07 Å². The van der Waals surface area contributed by atoms with E-state index in [9.17, 15) is 8.78 Å². The number of nitriles is 1. The molecule has 1 aromatic rings. The number of halogens is 2. The summed E-state index contributed by atoms with van der Waals surface area (Å²) in [5, 5.41) is 8.55. The zero-order valence-electron chi connectivity index (χ0n) is 8.70. The Bertz CT molecular complexity index is 415. The van der Waals surface area contributed by atoms with Crippen LogP contribution in [0.1, 0.15) is 23.4 Å². The van der Waals surface area contributed by atoms with Gasteiger partial charge in [0.05, 0.1) is 36.6 Å². The molecule has 1 heterocycles. The van der Waals surface area contributed by atoms with Gasteiger partial charge in [0.2, 0.25) is 0 Å². The van der Waals surface area contributed by atoms with Crippen LogP contribution in [0.3, 0.4) is 0 Å². The lowest BCUT2D eigenvalue weighted by molar-refractivity contribution is 0.145. The molecule has 0 fully saturated rings. The fourth-order valence-electron chi connectivity index (χ4n) is 1.35. The fraction of sp³-hybridized carbons (Fsp3) is 0.400. The predicted octanol–water partition coefficient (Wildman–Crippen LogP) is 1.55. The van der Waals surface area contributed by atoms with Gasteiger partial charge in [0.25, 0.3) is 6.43 Å². The standard InChI is InChI=1S/C10H11F2N3O/c1-16-8-4-6(5-14)15-7(2-3-13)9(8)10(11)12/h4,10H,2,5,14H2,1H3. The summed E-state index contributed by atoms with van der Waals surface area (Å²) in [4.78, 5) is 3.90. The molecule has 0 aliphatic rings. The van der Waals surface area contributed by atoms with E-state index in [0.717, 1.165) is 0 Å². The monoisotopic (exact) mass is 227 g/mol. The zero-order chi connectivity index (χ0) is 12.1. The van der Waals surface area contributed by atoms with E-state index in [1.807, 2.05) is 0 Å². The van der Waals surface area contributed by atoms with E-state index < -0.39 is 6.43 Å². The highest BCUT2D eigenvalue weighted by atomic mass is 19.3. The van der Waals surface area contributed by atoms with Gasteiger partial charge in [-0.05, 0) is 0 Å². The second-order valence-electron chi connectivity index (χ2n) is 3.02. The van der Waals surface area contributed by atoms with Crippen molar-refractivity contribution in [1.29, 1.82) is 5.26 Å². The van der Waals surface area contributed by atoms with Crippen LogP contribution < -0.4 is 10.5 Å². The van der Waals surface area contributed by atoms with Gasteiger partial charge in [-0.1, -0.05) is 0 Å².